The van der Waals surface area contributed by atoms with E-state index < -0.39 is 26.1 Å². The van der Waals surface area contributed by atoms with Gasteiger partial charge in [0.1, 0.15) is 5.75 Å². The first kappa shape index (κ1) is 21.1. The smallest absolute Gasteiger partial charge is 0.247 e. The van der Waals surface area contributed by atoms with Crippen molar-refractivity contribution < 1.29 is 21.6 Å². The maximum absolute atomic E-state index is 12.4. The number of sulfonamides is 2. The number of nitrogens with one attached hydrogen (secondary N) is 1. The molecule has 8 nitrogen and oxygen atoms in total. The molecule has 1 heterocycles. The SMILES string of the molecule is CCS(=O)(=O)Nc1ccccc1C1=NN(S(C)(=O)=O)C(c2ccc(OC)cc2)C1. The standard InChI is InChI=1S/C19H23N3O5S2/c1-4-29(25,26)21-17-8-6-5-7-16(17)18-13-19(22(20-18)28(3,23)24)14-9-11-15(27-2)12-10-14/h5-12,19,21H,4,13H2,1-3H3. The largest absolute Gasteiger partial charge is 0.497 e. The molecule has 1 aliphatic heterocycles. The molecule has 1 aliphatic rings. The van der Waals surface area contributed by atoms with Gasteiger partial charge >= 0.3 is 0 Å². The van der Waals surface area contributed by atoms with Crippen LogP contribution >= 0.6 is 0 Å². The Hall–Kier alpha value is -2.59. The van der Waals surface area contributed by atoms with E-state index in [4.69, 9.17) is 4.74 Å². The number of benzene rings is 2. The van der Waals surface area contributed by atoms with Crippen LogP contribution in [0.3, 0.4) is 0 Å². The van der Waals surface area contributed by atoms with Gasteiger partial charge in [0.15, 0.2) is 0 Å². The summed E-state index contributed by atoms with van der Waals surface area (Å²) in [6.45, 7) is 1.54. The van der Waals surface area contributed by atoms with Crippen molar-refractivity contribution in [2.24, 2.45) is 5.10 Å². The molecule has 1 atom stereocenters. The lowest BCUT2D eigenvalue weighted by Gasteiger charge is -2.21. The average molecular weight is 438 g/mol. The molecule has 3 rings (SSSR count). The fourth-order valence-corrected chi connectivity index (χ4v) is 4.66. The number of hydrazone groups is 1. The van der Waals surface area contributed by atoms with Crippen molar-refractivity contribution in [2.45, 2.75) is 19.4 Å². The van der Waals surface area contributed by atoms with E-state index in [2.05, 4.69) is 9.82 Å². The van der Waals surface area contributed by atoms with Crippen molar-refractivity contribution in [1.82, 2.24) is 4.41 Å². The summed E-state index contributed by atoms with van der Waals surface area (Å²) in [5.41, 5.74) is 2.18. The normalized spacial score (nSPS) is 17.1. The van der Waals surface area contributed by atoms with Crippen LogP contribution in [0.2, 0.25) is 0 Å². The highest BCUT2D eigenvalue weighted by Gasteiger charge is 2.35. The van der Waals surface area contributed by atoms with Crippen molar-refractivity contribution in [2.75, 3.05) is 23.8 Å². The first-order valence-electron chi connectivity index (χ1n) is 8.95. The minimum absolute atomic E-state index is 0.0717. The molecular formula is C19H23N3O5S2. The van der Waals surface area contributed by atoms with Gasteiger partial charge in [-0.25, -0.2) is 16.8 Å². The Labute approximate surface area is 171 Å². The number of hydrogen-bond acceptors (Lipinski definition) is 6. The van der Waals surface area contributed by atoms with E-state index in [-0.39, 0.29) is 5.75 Å². The molecule has 156 valence electrons. The number of nitrogens with zero attached hydrogens (tertiary/aromatic N) is 2. The summed E-state index contributed by atoms with van der Waals surface area (Å²) in [7, 11) is -5.57. The second-order valence-corrected chi connectivity index (χ2v) is 10.5. The van der Waals surface area contributed by atoms with E-state index >= 15 is 0 Å². The predicted octanol–water partition coefficient (Wildman–Crippen LogP) is 2.57. The molecular weight excluding hydrogens is 414 g/mol. The minimum Gasteiger partial charge on any atom is -0.497 e. The fourth-order valence-electron chi connectivity index (χ4n) is 3.09. The minimum atomic E-state index is -3.63. The third-order valence-corrected chi connectivity index (χ3v) is 6.90. The molecule has 2 aromatic carbocycles. The van der Waals surface area contributed by atoms with E-state index in [0.717, 1.165) is 16.2 Å². The highest BCUT2D eigenvalue weighted by atomic mass is 32.2. The van der Waals surface area contributed by atoms with Crippen LogP contribution in [0.1, 0.15) is 30.5 Å². The molecule has 1 unspecified atom stereocenters. The van der Waals surface area contributed by atoms with Gasteiger partial charge in [-0.05, 0) is 30.7 Å². The third kappa shape index (κ3) is 4.70. The third-order valence-electron chi connectivity index (χ3n) is 4.60. The molecule has 2 aromatic rings. The van der Waals surface area contributed by atoms with Crippen LogP contribution in [0.25, 0.3) is 0 Å². The lowest BCUT2D eigenvalue weighted by molar-refractivity contribution is 0.374. The number of ether oxygens (including phenoxy) is 1. The summed E-state index contributed by atoms with van der Waals surface area (Å²) in [6, 6.07) is 13.4. The van der Waals surface area contributed by atoms with Crippen LogP contribution < -0.4 is 9.46 Å². The number of anilines is 1. The zero-order valence-corrected chi connectivity index (χ0v) is 18.0. The Morgan fingerprint density at radius 1 is 1.10 bits per heavy atom. The lowest BCUT2D eigenvalue weighted by Crippen LogP contribution is -2.25. The molecule has 0 aliphatic carbocycles. The van der Waals surface area contributed by atoms with Gasteiger partial charge in [0, 0.05) is 12.0 Å². The number of hydrogen-bond donors (Lipinski definition) is 1. The summed E-state index contributed by atoms with van der Waals surface area (Å²) in [5, 5.41) is 4.34. The highest BCUT2D eigenvalue weighted by Crippen LogP contribution is 2.36. The van der Waals surface area contributed by atoms with Crippen LogP contribution in [0.15, 0.2) is 53.6 Å². The fraction of sp³-hybridized carbons (Fsp3) is 0.316. The molecule has 0 amide bonds. The molecule has 0 spiro atoms. The molecule has 0 saturated carbocycles. The van der Waals surface area contributed by atoms with Crippen molar-refractivity contribution >= 4 is 31.4 Å². The molecule has 0 aromatic heterocycles. The van der Waals surface area contributed by atoms with Gasteiger partial charge in [-0.1, -0.05) is 30.3 Å². The van der Waals surface area contributed by atoms with Crippen molar-refractivity contribution in [1.29, 1.82) is 0 Å². The monoisotopic (exact) mass is 437 g/mol. The van der Waals surface area contributed by atoms with E-state index in [1.165, 1.54) is 0 Å². The first-order valence-corrected chi connectivity index (χ1v) is 12.5. The summed E-state index contributed by atoms with van der Waals surface area (Å²) in [6.07, 6.45) is 1.41. The van der Waals surface area contributed by atoms with E-state index in [9.17, 15) is 16.8 Å². The van der Waals surface area contributed by atoms with Crippen LogP contribution in [0.4, 0.5) is 5.69 Å². The second kappa shape index (κ2) is 8.03. The number of rotatable bonds is 7. The topological polar surface area (TPSA) is 105 Å². The van der Waals surface area contributed by atoms with E-state index in [0.29, 0.717) is 29.1 Å². The highest BCUT2D eigenvalue weighted by molar-refractivity contribution is 7.92. The van der Waals surface area contributed by atoms with Gasteiger partial charge in [-0.15, -0.1) is 0 Å². The quantitative estimate of drug-likeness (QED) is 0.717. The Morgan fingerprint density at radius 3 is 2.34 bits per heavy atom. The molecule has 0 radical (unpaired) electrons. The predicted molar refractivity (Wildman–Crippen MR) is 113 cm³/mol. The molecule has 0 bridgehead atoms. The number of para-hydroxylation sites is 1. The van der Waals surface area contributed by atoms with Gasteiger partial charge in [0.25, 0.3) is 0 Å². The van der Waals surface area contributed by atoms with E-state index in [1.807, 2.05) is 0 Å². The van der Waals surface area contributed by atoms with Gasteiger partial charge in [0.05, 0.1) is 36.6 Å². The average Bonchev–Trinajstić information content (AvgIpc) is 3.14. The lowest BCUT2D eigenvalue weighted by atomic mass is 9.98. The molecule has 10 heteroatoms. The zero-order chi connectivity index (χ0) is 21.2. The van der Waals surface area contributed by atoms with E-state index in [1.54, 1.807) is 62.6 Å². The summed E-state index contributed by atoms with van der Waals surface area (Å²) >= 11 is 0. The van der Waals surface area contributed by atoms with Crippen molar-refractivity contribution in [3.8, 4) is 5.75 Å². The van der Waals surface area contributed by atoms with Gasteiger partial charge in [-0.3, -0.25) is 4.72 Å². The maximum atomic E-state index is 12.4. The maximum Gasteiger partial charge on any atom is 0.247 e. The molecule has 0 saturated heterocycles. The Balaban J connectivity index is 2.01. The van der Waals surface area contributed by atoms with Crippen molar-refractivity contribution in [3.63, 3.8) is 0 Å². The molecule has 29 heavy (non-hydrogen) atoms. The Bertz CT molecular complexity index is 1130. The second-order valence-electron chi connectivity index (χ2n) is 6.63. The summed E-state index contributed by atoms with van der Waals surface area (Å²) < 4.78 is 57.6. The first-order chi connectivity index (χ1) is 13.6. The Kier molecular flexibility index (Phi) is 5.85. The zero-order valence-electron chi connectivity index (χ0n) is 16.4. The molecule has 0 fully saturated rings. The van der Waals surface area contributed by atoms with Crippen molar-refractivity contribution in [3.05, 3.63) is 59.7 Å². The van der Waals surface area contributed by atoms with Gasteiger partial charge in [-0.2, -0.15) is 9.52 Å². The van der Waals surface area contributed by atoms with Gasteiger partial charge in [0.2, 0.25) is 20.0 Å². The van der Waals surface area contributed by atoms with Crippen LogP contribution in [-0.4, -0.2) is 46.1 Å². The Morgan fingerprint density at radius 2 is 1.76 bits per heavy atom. The summed E-state index contributed by atoms with van der Waals surface area (Å²) in [5.74, 6) is 0.593. The van der Waals surface area contributed by atoms with Crippen LogP contribution in [-0.2, 0) is 20.0 Å². The van der Waals surface area contributed by atoms with Gasteiger partial charge < -0.3 is 4.74 Å². The van der Waals surface area contributed by atoms with Crippen LogP contribution in [0.5, 0.6) is 5.75 Å². The molecule has 1 N–H and O–H groups in total. The van der Waals surface area contributed by atoms with Crippen LogP contribution in [0, 0.1) is 0 Å². The summed E-state index contributed by atoms with van der Waals surface area (Å²) in [4.78, 5) is 0. The number of methoxy groups -OCH3 is 1.